The number of nitrogens with two attached hydrogens (primary N) is 1. The molecule has 188 valence electrons. The van der Waals surface area contributed by atoms with Gasteiger partial charge < -0.3 is 29.8 Å². The number of ether oxygens (including phenoxy) is 1. The van der Waals surface area contributed by atoms with E-state index < -0.39 is 19.5 Å². The summed E-state index contributed by atoms with van der Waals surface area (Å²) in [5.41, 5.74) is 6.95. The molecule has 0 amide bonds. The lowest BCUT2D eigenvalue weighted by atomic mass is 10.3. The molecule has 0 saturated heterocycles. The predicted molar refractivity (Wildman–Crippen MR) is 126 cm³/mol. The van der Waals surface area contributed by atoms with E-state index >= 15 is 0 Å². The first kappa shape index (κ1) is 27.4. The number of carboxylic acid groups (broad SMARTS) is 2. The second kappa shape index (κ2) is 13.2. The first-order chi connectivity index (χ1) is 16.6. The first-order valence-corrected chi connectivity index (χ1v) is 12.0. The highest BCUT2D eigenvalue weighted by Crippen LogP contribution is 2.48. The normalized spacial score (nSPS) is 13.5. The molecule has 0 spiro atoms. The lowest BCUT2D eigenvalue weighted by molar-refractivity contribution is -0.134. The Morgan fingerprint density at radius 2 is 1.80 bits per heavy atom. The number of aliphatic carboxylic acids is 2. The van der Waals surface area contributed by atoms with Gasteiger partial charge in [0.2, 0.25) is 0 Å². The van der Waals surface area contributed by atoms with Crippen LogP contribution < -0.4 is 10.3 Å². The zero-order valence-electron chi connectivity index (χ0n) is 19.1. The maximum atomic E-state index is 12.9. The maximum Gasteiger partial charge on any atom is 0.404 e. The molecule has 14 heteroatoms. The van der Waals surface area contributed by atoms with Crippen LogP contribution in [0.4, 0.5) is 5.82 Å². The van der Waals surface area contributed by atoms with Gasteiger partial charge in [-0.25, -0.2) is 29.1 Å². The van der Waals surface area contributed by atoms with Crippen LogP contribution in [0.25, 0.3) is 11.2 Å². The molecule has 3 rings (SSSR count). The molecule has 2 aromatic heterocycles. The van der Waals surface area contributed by atoms with Gasteiger partial charge in [-0.05, 0) is 26.0 Å². The molecule has 35 heavy (non-hydrogen) atoms. The molecule has 2 atom stereocenters. The summed E-state index contributed by atoms with van der Waals surface area (Å²) in [6, 6.07) is 8.89. The summed E-state index contributed by atoms with van der Waals surface area (Å²) >= 11 is 0. The molecule has 13 nitrogen and oxygen atoms in total. The highest BCUT2D eigenvalue weighted by Gasteiger charge is 2.27. The Morgan fingerprint density at radius 3 is 2.40 bits per heavy atom. The topological polar surface area (TPSA) is 189 Å². The van der Waals surface area contributed by atoms with Gasteiger partial charge in [-0.15, -0.1) is 0 Å². The standard InChI is InChI=1S/C17H22N5O4P.C4H4O4/c1-3-25-27(23,26-14-7-5-4-6-8-14)12-24-13(2)9-22-11-21-15-16(18)19-10-20-17(15)22;5-3(6)1-2-4(7)8/h4-8,10-11,13H,3,9,12H2,1-2H3,(H2,18,19,20);1-2H,(H,5,6)(H,7,8)/b;2-1+/t13-,27?;/m1./s1. The number of fused-ring (bicyclic) bond motifs is 1. The zero-order chi connectivity index (χ0) is 25.8. The number of aromatic nitrogens is 4. The largest absolute Gasteiger partial charge is 0.478 e. The van der Waals surface area contributed by atoms with Crippen molar-refractivity contribution in [2.75, 3.05) is 18.7 Å². The van der Waals surface area contributed by atoms with Crippen LogP contribution in [0.2, 0.25) is 0 Å². The Labute approximate surface area is 200 Å². The summed E-state index contributed by atoms with van der Waals surface area (Å²) in [4.78, 5) is 31.4. The van der Waals surface area contributed by atoms with Crippen LogP contribution in [0, 0.1) is 0 Å². The molecule has 1 unspecified atom stereocenters. The van der Waals surface area contributed by atoms with Crippen LogP contribution in [0.15, 0.2) is 55.1 Å². The Hall–Kier alpha value is -3.80. The molecule has 0 bridgehead atoms. The molecule has 0 aliphatic carbocycles. The Bertz CT molecular complexity index is 1180. The number of hydrogen-bond acceptors (Lipinski definition) is 10. The van der Waals surface area contributed by atoms with Gasteiger partial charge in [0.1, 0.15) is 17.6 Å². The molecule has 0 radical (unpaired) electrons. The lowest BCUT2D eigenvalue weighted by Gasteiger charge is -2.21. The van der Waals surface area contributed by atoms with E-state index in [-0.39, 0.29) is 19.1 Å². The summed E-state index contributed by atoms with van der Waals surface area (Å²) in [7, 11) is -3.43. The Kier molecular flexibility index (Phi) is 10.3. The first-order valence-electron chi connectivity index (χ1n) is 10.3. The third-order valence-corrected chi connectivity index (χ3v) is 5.69. The highest BCUT2D eigenvalue weighted by molar-refractivity contribution is 7.54. The van der Waals surface area contributed by atoms with E-state index in [1.54, 1.807) is 37.5 Å². The second-order valence-electron chi connectivity index (χ2n) is 6.88. The summed E-state index contributed by atoms with van der Waals surface area (Å²) in [6.45, 7) is 4.32. The van der Waals surface area contributed by atoms with Crippen molar-refractivity contribution in [1.82, 2.24) is 19.5 Å². The van der Waals surface area contributed by atoms with Crippen LogP contribution in [0.3, 0.4) is 0 Å². The van der Waals surface area contributed by atoms with Crippen LogP contribution in [0.1, 0.15) is 13.8 Å². The van der Waals surface area contributed by atoms with Crippen LogP contribution in [0.5, 0.6) is 5.75 Å². The monoisotopic (exact) mass is 507 g/mol. The van der Waals surface area contributed by atoms with E-state index in [1.807, 2.05) is 17.6 Å². The minimum Gasteiger partial charge on any atom is -0.478 e. The third kappa shape index (κ3) is 9.16. The van der Waals surface area contributed by atoms with Crippen molar-refractivity contribution in [1.29, 1.82) is 0 Å². The van der Waals surface area contributed by atoms with Crippen LogP contribution in [-0.4, -0.2) is 60.7 Å². The molecule has 4 N–H and O–H groups in total. The molecular formula is C21H26N5O8P. The number of imidazole rings is 1. The zero-order valence-corrected chi connectivity index (χ0v) is 19.9. The summed E-state index contributed by atoms with van der Waals surface area (Å²) in [5.74, 6) is -1.72. The van der Waals surface area contributed by atoms with E-state index in [4.69, 9.17) is 29.7 Å². The Balaban J connectivity index is 0.000000466. The average Bonchev–Trinajstić information content (AvgIpc) is 3.22. The number of carboxylic acids is 2. The molecular weight excluding hydrogens is 481 g/mol. The van der Waals surface area contributed by atoms with Crippen molar-refractivity contribution in [3.63, 3.8) is 0 Å². The number of hydrogen-bond donors (Lipinski definition) is 3. The minimum atomic E-state index is -3.43. The smallest absolute Gasteiger partial charge is 0.404 e. The second-order valence-corrected chi connectivity index (χ2v) is 8.80. The van der Waals surface area contributed by atoms with Crippen molar-refractivity contribution >= 4 is 36.5 Å². The number of anilines is 1. The van der Waals surface area contributed by atoms with Gasteiger partial charge in [0, 0.05) is 12.2 Å². The molecule has 3 aromatic rings. The molecule has 0 saturated carbocycles. The SMILES string of the molecule is CCOP(=O)(CO[C@H](C)Cn1cnc2c(N)ncnc21)Oc1ccccc1.O=C(O)/C=C/C(=O)O. The fourth-order valence-corrected chi connectivity index (χ4v) is 4.11. The lowest BCUT2D eigenvalue weighted by Crippen LogP contribution is -2.18. The van der Waals surface area contributed by atoms with Gasteiger partial charge in [-0.1, -0.05) is 18.2 Å². The quantitative estimate of drug-likeness (QED) is 0.254. The van der Waals surface area contributed by atoms with Gasteiger partial charge in [0.05, 0.1) is 25.6 Å². The molecule has 2 heterocycles. The number of benzene rings is 1. The predicted octanol–water partition coefficient (Wildman–Crippen LogP) is 2.79. The summed E-state index contributed by atoms with van der Waals surface area (Å²) in [6.07, 6.45) is 3.67. The number of nitrogen functional groups attached to an aromatic ring is 1. The third-order valence-electron chi connectivity index (χ3n) is 4.08. The van der Waals surface area contributed by atoms with E-state index in [1.165, 1.54) is 6.33 Å². The van der Waals surface area contributed by atoms with Gasteiger partial charge in [-0.2, -0.15) is 0 Å². The minimum absolute atomic E-state index is 0.166. The van der Waals surface area contributed by atoms with Gasteiger partial charge in [-0.3, -0.25) is 4.52 Å². The number of para-hydroxylation sites is 1. The summed E-state index contributed by atoms with van der Waals surface area (Å²) in [5, 5.41) is 15.6. The maximum absolute atomic E-state index is 12.9. The van der Waals surface area contributed by atoms with E-state index in [9.17, 15) is 14.2 Å². The van der Waals surface area contributed by atoms with Crippen molar-refractivity contribution in [2.24, 2.45) is 0 Å². The fourth-order valence-electron chi connectivity index (χ4n) is 2.65. The van der Waals surface area contributed by atoms with Crippen molar-refractivity contribution in [3.05, 3.63) is 55.1 Å². The number of carbonyl (C=O) groups is 2. The van der Waals surface area contributed by atoms with Crippen LogP contribution >= 0.6 is 7.60 Å². The molecule has 0 fully saturated rings. The van der Waals surface area contributed by atoms with Gasteiger partial charge in [0.15, 0.2) is 17.8 Å². The average molecular weight is 507 g/mol. The fraction of sp³-hybridized carbons (Fsp3) is 0.286. The summed E-state index contributed by atoms with van der Waals surface area (Å²) < 4.78 is 31.4. The van der Waals surface area contributed by atoms with E-state index in [0.29, 0.717) is 41.4 Å². The van der Waals surface area contributed by atoms with E-state index in [0.717, 1.165) is 0 Å². The van der Waals surface area contributed by atoms with Crippen molar-refractivity contribution < 1.29 is 38.2 Å². The molecule has 0 aliphatic rings. The van der Waals surface area contributed by atoms with Crippen molar-refractivity contribution in [3.8, 4) is 5.75 Å². The number of nitrogens with zero attached hydrogens (tertiary/aromatic N) is 4. The van der Waals surface area contributed by atoms with Crippen molar-refractivity contribution in [2.45, 2.75) is 26.5 Å². The highest BCUT2D eigenvalue weighted by atomic mass is 31.2. The van der Waals surface area contributed by atoms with Gasteiger partial charge in [0.25, 0.3) is 0 Å². The number of rotatable bonds is 11. The molecule has 1 aromatic carbocycles. The molecule has 0 aliphatic heterocycles. The Morgan fingerprint density at radius 1 is 1.14 bits per heavy atom. The van der Waals surface area contributed by atoms with Crippen LogP contribution in [-0.2, 0) is 30.0 Å². The van der Waals surface area contributed by atoms with Gasteiger partial charge >= 0.3 is 19.5 Å². The van der Waals surface area contributed by atoms with E-state index in [2.05, 4.69) is 15.0 Å².